The minimum atomic E-state index is -0.364. The zero-order valence-corrected chi connectivity index (χ0v) is 31.8. The lowest BCUT2D eigenvalue weighted by Crippen LogP contribution is -2.33. The Morgan fingerprint density at radius 2 is 1.38 bits per heavy atom. The zero-order chi connectivity index (χ0) is 36.3. The topological polar surface area (TPSA) is 38.7 Å². The predicted molar refractivity (Wildman–Crippen MR) is 216 cm³/mol. The highest BCUT2D eigenvalue weighted by Gasteiger charge is 2.30. The van der Waals surface area contributed by atoms with Gasteiger partial charge in [0.05, 0.1) is 22.7 Å². The molecule has 0 saturated heterocycles. The van der Waals surface area contributed by atoms with Gasteiger partial charge in [-0.15, -0.1) is 0 Å². The maximum atomic E-state index is 6.82. The molecule has 0 bridgehead atoms. The molecule has 0 unspecified atom stereocenters. The van der Waals surface area contributed by atoms with Gasteiger partial charge in [0.15, 0.2) is 20.4 Å². The molecule has 0 amide bonds. The highest BCUT2D eigenvalue weighted by atomic mass is 35.5. The van der Waals surface area contributed by atoms with Gasteiger partial charge in [-0.3, -0.25) is 0 Å². The van der Waals surface area contributed by atoms with E-state index in [1.54, 1.807) is 0 Å². The Bertz CT molecular complexity index is 2350. The van der Waals surface area contributed by atoms with E-state index in [0.717, 1.165) is 87.8 Å². The van der Waals surface area contributed by atoms with Crippen molar-refractivity contribution < 1.29 is 18.5 Å². The van der Waals surface area contributed by atoms with E-state index in [-0.39, 0.29) is 10.9 Å². The molecule has 2 heterocycles. The van der Waals surface area contributed by atoms with Crippen LogP contribution in [0.2, 0.25) is 10.0 Å². The Kier molecular flexibility index (Phi) is 10.2. The van der Waals surface area contributed by atoms with Crippen LogP contribution in [0.5, 0.6) is 11.5 Å². The Labute approximate surface area is 323 Å². The van der Waals surface area contributed by atoms with E-state index in [9.17, 15) is 0 Å². The maximum Gasteiger partial charge on any atom is 0.374 e. The number of hydrogen-bond donors (Lipinski definition) is 0. The molecule has 1 aliphatic carbocycles. The van der Waals surface area contributed by atoms with Crippen molar-refractivity contribution in [3.63, 3.8) is 0 Å². The van der Waals surface area contributed by atoms with Gasteiger partial charge in [-0.1, -0.05) is 47.5 Å². The van der Waals surface area contributed by atoms with Gasteiger partial charge >= 0.3 is 5.89 Å². The molecule has 264 valence electrons. The lowest BCUT2D eigenvalue weighted by molar-refractivity contribution is -0.674. The summed E-state index contributed by atoms with van der Waals surface area (Å²) >= 11 is 12.6. The number of ether oxygens (including phenoxy) is 2. The number of fused-ring (bicyclic) bond motifs is 2. The molecule has 0 spiro atoms. The number of hydrogen-bond acceptors (Lipinski definition) is 4. The molecule has 0 saturated carbocycles. The minimum Gasteiger partial charge on any atom is -0.457 e. The molecule has 8 rings (SSSR count). The van der Waals surface area contributed by atoms with Gasteiger partial charge in [-0.2, -0.15) is 4.57 Å². The molecular weight excluding hydrogens is 719 g/mol. The van der Waals surface area contributed by atoms with E-state index in [1.807, 2.05) is 60.7 Å². The number of anilines is 1. The van der Waals surface area contributed by atoms with Crippen LogP contribution in [0, 0.1) is 0 Å². The number of rotatable bonds is 10. The average molecular weight is 758 g/mol. The third-order valence-electron chi connectivity index (χ3n) is 9.38. The second-order valence-corrected chi connectivity index (χ2v) is 15.5. The van der Waals surface area contributed by atoms with E-state index in [4.69, 9.17) is 37.1 Å². The SMILES string of the molecule is CCN1C(=CC=C2CCC(C=Cc3oc4ccccc4[n+]3CC)=C2Oc2ccc([S+](c3ccc(Cl)cc3)c3ccc(Cl)cc3)cc2)Oc2ccccc21. The number of allylic oxidation sites excluding steroid dienone is 5. The van der Waals surface area contributed by atoms with E-state index >= 15 is 0 Å². The van der Waals surface area contributed by atoms with Gasteiger partial charge in [-0.05, 0) is 147 Å². The number of aromatic nitrogens is 1. The smallest absolute Gasteiger partial charge is 0.374 e. The summed E-state index contributed by atoms with van der Waals surface area (Å²) in [5, 5.41) is 1.42. The van der Waals surface area contributed by atoms with Gasteiger partial charge < -0.3 is 18.8 Å². The highest BCUT2D eigenvalue weighted by Crippen LogP contribution is 2.40. The molecule has 5 nitrogen and oxygen atoms in total. The van der Waals surface area contributed by atoms with Crippen LogP contribution >= 0.6 is 23.2 Å². The number of aryl methyl sites for hydroxylation is 1. The number of para-hydroxylation sites is 4. The molecule has 0 N–H and O–H groups in total. The summed E-state index contributed by atoms with van der Waals surface area (Å²) in [6.07, 6.45) is 10.1. The van der Waals surface area contributed by atoms with Crippen molar-refractivity contribution in [2.24, 2.45) is 0 Å². The number of oxazole rings is 1. The van der Waals surface area contributed by atoms with E-state index in [0.29, 0.717) is 10.0 Å². The quantitative estimate of drug-likeness (QED) is 0.103. The summed E-state index contributed by atoms with van der Waals surface area (Å²) in [5.41, 5.74) is 5.23. The van der Waals surface area contributed by atoms with Crippen molar-refractivity contribution in [2.45, 2.75) is 47.9 Å². The van der Waals surface area contributed by atoms with E-state index < -0.39 is 0 Å². The van der Waals surface area contributed by atoms with Crippen LogP contribution in [-0.4, -0.2) is 6.54 Å². The van der Waals surface area contributed by atoms with Crippen LogP contribution in [0.4, 0.5) is 5.69 Å². The van der Waals surface area contributed by atoms with Gasteiger partial charge in [0.25, 0.3) is 5.52 Å². The lowest BCUT2D eigenvalue weighted by Gasteiger charge is -2.15. The fourth-order valence-electron chi connectivity index (χ4n) is 6.81. The van der Waals surface area contributed by atoms with Crippen molar-refractivity contribution in [1.29, 1.82) is 0 Å². The summed E-state index contributed by atoms with van der Waals surface area (Å²) in [4.78, 5) is 5.69. The monoisotopic (exact) mass is 756 g/mol. The van der Waals surface area contributed by atoms with Crippen molar-refractivity contribution in [1.82, 2.24) is 0 Å². The van der Waals surface area contributed by atoms with Gasteiger partial charge in [0.1, 0.15) is 18.1 Å². The summed E-state index contributed by atoms with van der Waals surface area (Å²) in [6, 6.07) is 40.8. The Morgan fingerprint density at radius 3 is 2.06 bits per heavy atom. The van der Waals surface area contributed by atoms with Crippen molar-refractivity contribution in [3.05, 3.63) is 178 Å². The van der Waals surface area contributed by atoms with Gasteiger partial charge in [-0.25, -0.2) is 0 Å². The summed E-state index contributed by atoms with van der Waals surface area (Å²) < 4.78 is 21.6. The first kappa shape index (κ1) is 34.9. The van der Waals surface area contributed by atoms with E-state index in [2.05, 4.69) is 108 Å². The second-order valence-electron chi connectivity index (χ2n) is 12.6. The zero-order valence-electron chi connectivity index (χ0n) is 29.5. The van der Waals surface area contributed by atoms with Crippen LogP contribution in [0.15, 0.2) is 181 Å². The van der Waals surface area contributed by atoms with Crippen molar-refractivity contribution in [3.8, 4) is 11.5 Å². The van der Waals surface area contributed by atoms with Gasteiger partial charge in [0.2, 0.25) is 11.5 Å². The summed E-state index contributed by atoms with van der Waals surface area (Å²) in [7, 11) is -0.364. The van der Waals surface area contributed by atoms with Crippen LogP contribution < -0.4 is 18.9 Å². The Hall–Kier alpha value is -5.14. The lowest BCUT2D eigenvalue weighted by atomic mass is 10.2. The first-order valence-electron chi connectivity index (χ1n) is 17.8. The van der Waals surface area contributed by atoms with Crippen LogP contribution in [0.25, 0.3) is 17.2 Å². The van der Waals surface area contributed by atoms with Crippen molar-refractivity contribution >= 4 is 57.0 Å². The minimum absolute atomic E-state index is 0.364. The molecule has 6 aromatic rings. The third-order valence-corrected chi connectivity index (χ3v) is 12.1. The number of nitrogens with zero attached hydrogens (tertiary/aromatic N) is 2. The van der Waals surface area contributed by atoms with Crippen LogP contribution in [0.3, 0.4) is 0 Å². The fourth-order valence-corrected chi connectivity index (χ4v) is 9.11. The second kappa shape index (κ2) is 15.5. The average Bonchev–Trinajstić information content (AvgIpc) is 3.87. The Balaban J connectivity index is 1.14. The van der Waals surface area contributed by atoms with E-state index in [1.165, 1.54) is 9.79 Å². The summed E-state index contributed by atoms with van der Waals surface area (Å²) in [6.45, 7) is 5.87. The molecule has 0 fully saturated rings. The third kappa shape index (κ3) is 7.27. The fraction of sp³-hybridized carbons (Fsp3) is 0.133. The molecule has 0 atom stereocenters. The molecule has 5 aromatic carbocycles. The standard InChI is InChI=1S/C45H38Cl2N2O3S/c1-3-48-39-9-5-7-11-41(39)51-43(48)29-15-31-13-14-32(16-30-44-49(4-2)40-10-6-8-12-42(40)52-44)45(31)50-35-21-27-38(28-22-35)53(36-23-17-33(46)18-24-36)37-25-19-34(47)20-26-37/h5-12,15-30H,3-4,13-14H2,1-2H3/q+2. The molecular formula is C45H38Cl2N2O3S+2. The normalized spacial score (nSPS) is 15.8. The molecule has 1 aliphatic heterocycles. The Morgan fingerprint density at radius 1 is 0.736 bits per heavy atom. The van der Waals surface area contributed by atoms with Gasteiger partial charge in [0, 0.05) is 22.7 Å². The molecule has 8 heteroatoms. The predicted octanol–water partition coefficient (Wildman–Crippen LogP) is 12.0. The molecule has 0 radical (unpaired) electrons. The number of halogens is 2. The van der Waals surface area contributed by atoms with Crippen molar-refractivity contribution in [2.75, 3.05) is 11.4 Å². The largest absolute Gasteiger partial charge is 0.457 e. The molecule has 1 aromatic heterocycles. The number of benzene rings is 5. The summed E-state index contributed by atoms with van der Waals surface area (Å²) in [5.74, 6) is 4.08. The maximum absolute atomic E-state index is 6.82. The molecule has 53 heavy (non-hydrogen) atoms. The highest BCUT2D eigenvalue weighted by molar-refractivity contribution is 7.97. The van der Waals surface area contributed by atoms with Crippen LogP contribution in [-0.2, 0) is 17.4 Å². The first-order valence-corrected chi connectivity index (χ1v) is 19.8. The van der Waals surface area contributed by atoms with Crippen LogP contribution in [0.1, 0.15) is 32.6 Å². The first-order chi connectivity index (χ1) is 26.0. The molecule has 2 aliphatic rings.